The van der Waals surface area contributed by atoms with Crippen LogP contribution in [0, 0.1) is 0 Å². The standard InChI is InChI=1S/C17H24N2OSi/c1-17(2,3)21(4,5)20-16-10-8-14(9-11-16)19-15-7-6-12-18-13-15/h6-13,19H,1-5H3. The van der Waals surface area contributed by atoms with Crippen molar-refractivity contribution in [2.45, 2.75) is 38.9 Å². The number of pyridine rings is 1. The van der Waals surface area contributed by atoms with E-state index in [-0.39, 0.29) is 5.04 Å². The topological polar surface area (TPSA) is 34.1 Å². The molecule has 1 aromatic carbocycles. The molecular formula is C17H24N2OSi. The highest BCUT2D eigenvalue weighted by molar-refractivity contribution is 6.74. The van der Waals surface area contributed by atoms with Gasteiger partial charge < -0.3 is 9.74 Å². The van der Waals surface area contributed by atoms with E-state index in [0.29, 0.717) is 0 Å². The fourth-order valence-corrected chi connectivity index (χ4v) is 2.69. The second kappa shape index (κ2) is 5.90. The van der Waals surface area contributed by atoms with Crippen molar-refractivity contribution in [3.8, 4) is 5.75 Å². The Kier molecular flexibility index (Phi) is 4.37. The Bertz CT molecular complexity index is 574. The van der Waals surface area contributed by atoms with Gasteiger partial charge in [0.15, 0.2) is 0 Å². The molecule has 0 unspecified atom stereocenters. The third-order valence-corrected chi connectivity index (χ3v) is 8.34. The van der Waals surface area contributed by atoms with Gasteiger partial charge in [-0.2, -0.15) is 0 Å². The summed E-state index contributed by atoms with van der Waals surface area (Å²) < 4.78 is 6.27. The molecule has 0 bridgehead atoms. The third kappa shape index (κ3) is 4.08. The van der Waals surface area contributed by atoms with E-state index in [0.717, 1.165) is 17.1 Å². The minimum Gasteiger partial charge on any atom is -0.544 e. The van der Waals surface area contributed by atoms with Crippen molar-refractivity contribution in [3.05, 3.63) is 48.8 Å². The quantitative estimate of drug-likeness (QED) is 0.787. The van der Waals surface area contributed by atoms with Gasteiger partial charge in [0, 0.05) is 11.9 Å². The molecule has 0 fully saturated rings. The van der Waals surface area contributed by atoms with Gasteiger partial charge >= 0.3 is 0 Å². The van der Waals surface area contributed by atoms with Crippen LogP contribution in [0.4, 0.5) is 11.4 Å². The lowest BCUT2D eigenvalue weighted by atomic mass is 10.2. The number of aromatic nitrogens is 1. The van der Waals surface area contributed by atoms with Crippen LogP contribution >= 0.6 is 0 Å². The van der Waals surface area contributed by atoms with Crippen molar-refractivity contribution in [1.82, 2.24) is 4.98 Å². The van der Waals surface area contributed by atoms with Gasteiger partial charge in [0.2, 0.25) is 8.32 Å². The fourth-order valence-electron chi connectivity index (χ4n) is 1.66. The Balaban J connectivity index is 2.06. The Morgan fingerprint density at radius 3 is 2.19 bits per heavy atom. The first-order valence-electron chi connectivity index (χ1n) is 7.24. The molecule has 0 saturated heterocycles. The maximum Gasteiger partial charge on any atom is 0.250 e. The monoisotopic (exact) mass is 300 g/mol. The van der Waals surface area contributed by atoms with E-state index in [9.17, 15) is 0 Å². The molecule has 0 spiro atoms. The average molecular weight is 300 g/mol. The highest BCUT2D eigenvalue weighted by atomic mass is 28.4. The van der Waals surface area contributed by atoms with Crippen LogP contribution in [-0.4, -0.2) is 13.3 Å². The lowest BCUT2D eigenvalue weighted by Gasteiger charge is -2.36. The Hall–Kier alpha value is -1.81. The lowest BCUT2D eigenvalue weighted by molar-refractivity contribution is 0.492. The van der Waals surface area contributed by atoms with Crippen LogP contribution in [0.3, 0.4) is 0 Å². The Morgan fingerprint density at radius 2 is 1.67 bits per heavy atom. The predicted molar refractivity (Wildman–Crippen MR) is 91.8 cm³/mol. The Labute approximate surface area is 128 Å². The molecule has 0 aliphatic rings. The zero-order valence-electron chi connectivity index (χ0n) is 13.5. The smallest absolute Gasteiger partial charge is 0.250 e. The van der Waals surface area contributed by atoms with Gasteiger partial charge in [-0.15, -0.1) is 0 Å². The predicted octanol–water partition coefficient (Wildman–Crippen LogP) is 5.21. The molecule has 0 aliphatic carbocycles. The van der Waals surface area contributed by atoms with Gasteiger partial charge in [0.05, 0.1) is 11.9 Å². The zero-order chi connectivity index (χ0) is 15.5. The van der Waals surface area contributed by atoms with E-state index in [1.54, 1.807) is 12.4 Å². The van der Waals surface area contributed by atoms with E-state index >= 15 is 0 Å². The van der Waals surface area contributed by atoms with Crippen LogP contribution in [-0.2, 0) is 0 Å². The molecule has 0 aliphatic heterocycles. The molecule has 0 amide bonds. The van der Waals surface area contributed by atoms with Crippen LogP contribution in [0.1, 0.15) is 20.8 Å². The van der Waals surface area contributed by atoms with E-state index in [1.165, 1.54) is 0 Å². The minimum atomic E-state index is -1.77. The Morgan fingerprint density at radius 1 is 1.00 bits per heavy atom. The normalized spacial score (nSPS) is 12.0. The summed E-state index contributed by atoms with van der Waals surface area (Å²) in [7, 11) is -1.77. The van der Waals surface area contributed by atoms with Gasteiger partial charge in [0.1, 0.15) is 5.75 Å². The second-order valence-corrected chi connectivity index (χ2v) is 11.5. The van der Waals surface area contributed by atoms with Gasteiger partial charge in [-0.1, -0.05) is 20.8 Å². The first kappa shape index (κ1) is 15.6. The van der Waals surface area contributed by atoms with Crippen LogP contribution < -0.4 is 9.74 Å². The molecule has 2 aromatic rings. The van der Waals surface area contributed by atoms with Crippen LogP contribution in [0.25, 0.3) is 0 Å². The summed E-state index contributed by atoms with van der Waals surface area (Å²) in [4.78, 5) is 4.09. The minimum absolute atomic E-state index is 0.208. The number of hydrogen-bond acceptors (Lipinski definition) is 3. The second-order valence-electron chi connectivity index (χ2n) is 6.75. The maximum absolute atomic E-state index is 6.27. The molecule has 2 rings (SSSR count). The molecule has 112 valence electrons. The van der Waals surface area contributed by atoms with Crippen LogP contribution in [0.15, 0.2) is 48.8 Å². The third-order valence-electron chi connectivity index (χ3n) is 3.98. The number of anilines is 2. The first-order valence-corrected chi connectivity index (χ1v) is 10.1. The van der Waals surface area contributed by atoms with Crippen molar-refractivity contribution in [2.75, 3.05) is 5.32 Å². The molecule has 0 radical (unpaired) electrons. The van der Waals surface area contributed by atoms with Crippen molar-refractivity contribution in [3.63, 3.8) is 0 Å². The molecule has 3 nitrogen and oxygen atoms in total. The molecule has 0 saturated carbocycles. The van der Waals surface area contributed by atoms with Crippen molar-refractivity contribution >= 4 is 19.7 Å². The first-order chi connectivity index (χ1) is 9.78. The highest BCUT2D eigenvalue weighted by Crippen LogP contribution is 2.37. The van der Waals surface area contributed by atoms with Gasteiger partial charge in [0.25, 0.3) is 0 Å². The molecule has 21 heavy (non-hydrogen) atoms. The summed E-state index contributed by atoms with van der Waals surface area (Å²) in [5.41, 5.74) is 2.01. The van der Waals surface area contributed by atoms with Crippen LogP contribution in [0.5, 0.6) is 5.75 Å². The zero-order valence-corrected chi connectivity index (χ0v) is 14.5. The summed E-state index contributed by atoms with van der Waals surface area (Å²) in [6.07, 6.45) is 3.57. The highest BCUT2D eigenvalue weighted by Gasteiger charge is 2.38. The SMILES string of the molecule is CC(C)(C)[Si](C)(C)Oc1ccc(Nc2cccnc2)cc1. The van der Waals surface area contributed by atoms with Crippen molar-refractivity contribution in [1.29, 1.82) is 0 Å². The molecule has 0 atom stereocenters. The molecule has 1 aromatic heterocycles. The van der Waals surface area contributed by atoms with Gasteiger partial charge in [-0.3, -0.25) is 4.98 Å². The molecule has 1 N–H and O–H groups in total. The van der Waals surface area contributed by atoms with E-state index in [1.807, 2.05) is 36.4 Å². The summed E-state index contributed by atoms with van der Waals surface area (Å²) >= 11 is 0. The van der Waals surface area contributed by atoms with E-state index < -0.39 is 8.32 Å². The summed E-state index contributed by atoms with van der Waals surface area (Å²) in [5, 5.41) is 3.53. The number of nitrogens with one attached hydrogen (secondary N) is 1. The summed E-state index contributed by atoms with van der Waals surface area (Å²) in [5.74, 6) is 0.943. The fraction of sp³-hybridized carbons (Fsp3) is 0.353. The number of benzene rings is 1. The molecule has 1 heterocycles. The molecular weight excluding hydrogens is 276 g/mol. The molecule has 4 heteroatoms. The van der Waals surface area contributed by atoms with E-state index in [4.69, 9.17) is 4.43 Å². The lowest BCUT2D eigenvalue weighted by Crippen LogP contribution is -2.43. The van der Waals surface area contributed by atoms with Crippen molar-refractivity contribution in [2.24, 2.45) is 0 Å². The van der Waals surface area contributed by atoms with Gasteiger partial charge in [-0.05, 0) is 54.5 Å². The average Bonchev–Trinajstić information content (AvgIpc) is 2.41. The van der Waals surface area contributed by atoms with Gasteiger partial charge in [-0.25, -0.2) is 0 Å². The largest absolute Gasteiger partial charge is 0.544 e. The maximum atomic E-state index is 6.27. The number of rotatable bonds is 4. The van der Waals surface area contributed by atoms with Crippen molar-refractivity contribution < 1.29 is 4.43 Å². The summed E-state index contributed by atoms with van der Waals surface area (Å²) in [6, 6.07) is 12.0. The van der Waals surface area contributed by atoms with Crippen LogP contribution in [0.2, 0.25) is 18.1 Å². The number of hydrogen-bond donors (Lipinski definition) is 1. The van der Waals surface area contributed by atoms with E-state index in [2.05, 4.69) is 44.2 Å². The summed E-state index contributed by atoms with van der Waals surface area (Å²) in [6.45, 7) is 11.3. The number of nitrogens with zero attached hydrogens (tertiary/aromatic N) is 1.